The molecule has 0 fully saturated rings. The second-order valence-electron chi connectivity index (χ2n) is 15.0. The van der Waals surface area contributed by atoms with Crippen molar-refractivity contribution in [2.24, 2.45) is 0 Å². The summed E-state index contributed by atoms with van der Waals surface area (Å²) in [5.41, 5.74) is 13.2. The summed E-state index contributed by atoms with van der Waals surface area (Å²) < 4.78 is 2.40. The lowest BCUT2D eigenvalue weighted by atomic mass is 9.99. The highest BCUT2D eigenvalue weighted by atomic mass is 32.2. The Labute approximate surface area is 345 Å². The van der Waals surface area contributed by atoms with Gasteiger partial charge >= 0.3 is 0 Å². The molecule has 0 aliphatic carbocycles. The van der Waals surface area contributed by atoms with E-state index in [2.05, 4.69) is 204 Å². The van der Waals surface area contributed by atoms with Crippen LogP contribution in [0.25, 0.3) is 82.9 Å². The molecule has 0 amide bonds. The fraction of sp³-hybridized carbons (Fsp3) is 0. The molecule has 0 unspecified atom stereocenters. The molecule has 9 aromatic carbocycles. The van der Waals surface area contributed by atoms with Crippen LogP contribution in [0.5, 0.6) is 0 Å². The summed E-state index contributed by atoms with van der Waals surface area (Å²) in [7, 11) is 0. The first-order valence-electron chi connectivity index (χ1n) is 19.9. The molecule has 2 aromatic heterocycles. The predicted octanol–water partition coefficient (Wildman–Crippen LogP) is 14.8. The van der Waals surface area contributed by atoms with Gasteiger partial charge in [-0.3, -0.25) is 0 Å². The third kappa shape index (κ3) is 5.54. The number of hydrogen-bond acceptors (Lipinski definition) is 4. The van der Waals surface area contributed by atoms with Crippen LogP contribution < -0.4 is 4.90 Å². The van der Waals surface area contributed by atoms with Gasteiger partial charge in [0.05, 0.1) is 33.6 Å². The van der Waals surface area contributed by atoms with Crippen molar-refractivity contribution in [1.82, 2.24) is 14.5 Å². The topological polar surface area (TPSA) is 34.0 Å². The summed E-state index contributed by atoms with van der Waals surface area (Å²) >= 11 is 1.84. The summed E-state index contributed by atoms with van der Waals surface area (Å²) in [5.74, 6) is 0.704. The van der Waals surface area contributed by atoms with Crippen LogP contribution in [-0.4, -0.2) is 14.5 Å². The fourth-order valence-corrected chi connectivity index (χ4v) is 9.88. The number of benzene rings is 9. The minimum Gasteiger partial charge on any atom is -0.309 e. The van der Waals surface area contributed by atoms with E-state index in [0.717, 1.165) is 50.1 Å². The normalized spacial score (nSPS) is 12.3. The predicted molar refractivity (Wildman–Crippen MR) is 246 cm³/mol. The number of hydrogen-bond donors (Lipinski definition) is 0. The number of aromatic nitrogens is 3. The molecule has 12 rings (SSSR count). The SMILES string of the molecule is c1ccc(-c2nc(-c3cccc(-n4c5ccc(-c6ccc7c(c6)N(c6ccccc6)c6ccccc6S7)cc5c5c6ccccc6ccc54)c3)nc3ccccc23)cc1. The van der Waals surface area contributed by atoms with E-state index in [-0.39, 0.29) is 0 Å². The van der Waals surface area contributed by atoms with Gasteiger partial charge in [0.25, 0.3) is 0 Å². The van der Waals surface area contributed by atoms with E-state index >= 15 is 0 Å². The first-order valence-corrected chi connectivity index (χ1v) is 20.7. The van der Waals surface area contributed by atoms with Gasteiger partial charge in [-0.15, -0.1) is 0 Å². The van der Waals surface area contributed by atoms with Gasteiger partial charge in [0.2, 0.25) is 0 Å². The third-order valence-corrected chi connectivity index (χ3v) is 12.7. The van der Waals surface area contributed by atoms with E-state index in [0.29, 0.717) is 5.82 Å². The Hall–Kier alpha value is -7.47. The van der Waals surface area contributed by atoms with E-state index in [1.165, 1.54) is 53.8 Å². The first kappa shape index (κ1) is 33.6. The summed E-state index contributed by atoms with van der Waals surface area (Å²) in [5, 5.41) is 5.96. The Bertz CT molecular complexity index is 3430. The fourth-order valence-electron chi connectivity index (χ4n) is 8.84. The van der Waals surface area contributed by atoms with Crippen molar-refractivity contribution in [1.29, 1.82) is 0 Å². The van der Waals surface area contributed by atoms with Gasteiger partial charge < -0.3 is 9.47 Å². The monoisotopic (exact) mass is 770 g/mol. The van der Waals surface area contributed by atoms with Crippen LogP contribution in [-0.2, 0) is 0 Å². The highest BCUT2D eigenvalue weighted by Crippen LogP contribution is 2.52. The van der Waals surface area contributed by atoms with Crippen molar-refractivity contribution < 1.29 is 0 Å². The van der Waals surface area contributed by atoms with Crippen LogP contribution in [0.2, 0.25) is 0 Å². The molecule has 0 atom stereocenters. The van der Waals surface area contributed by atoms with Crippen LogP contribution in [0.15, 0.2) is 216 Å². The summed E-state index contributed by atoms with van der Waals surface area (Å²) in [6, 6.07) is 73.9. The Kier molecular flexibility index (Phi) is 7.75. The van der Waals surface area contributed by atoms with Crippen molar-refractivity contribution in [3.63, 3.8) is 0 Å². The van der Waals surface area contributed by atoms with Gasteiger partial charge in [-0.1, -0.05) is 145 Å². The minimum atomic E-state index is 0.704. The third-order valence-electron chi connectivity index (χ3n) is 11.5. The van der Waals surface area contributed by atoms with Gasteiger partial charge in [0.15, 0.2) is 5.82 Å². The number of rotatable bonds is 5. The molecule has 1 aliphatic heterocycles. The van der Waals surface area contributed by atoms with Gasteiger partial charge in [-0.2, -0.15) is 0 Å². The van der Waals surface area contributed by atoms with Gasteiger partial charge in [-0.05, 0) is 94.7 Å². The maximum Gasteiger partial charge on any atom is 0.160 e. The molecule has 3 heterocycles. The van der Waals surface area contributed by atoms with Crippen LogP contribution in [0.3, 0.4) is 0 Å². The zero-order chi connectivity index (χ0) is 38.9. The van der Waals surface area contributed by atoms with Gasteiger partial charge in [-0.25, -0.2) is 9.97 Å². The zero-order valence-corrected chi connectivity index (χ0v) is 32.6. The number of anilines is 3. The molecule has 0 saturated carbocycles. The van der Waals surface area contributed by atoms with Crippen molar-refractivity contribution >= 4 is 72.3 Å². The summed E-state index contributed by atoms with van der Waals surface area (Å²) in [4.78, 5) is 15.2. The summed E-state index contributed by atoms with van der Waals surface area (Å²) in [6.07, 6.45) is 0. The first-order chi connectivity index (χ1) is 29.2. The molecule has 59 heavy (non-hydrogen) atoms. The lowest BCUT2D eigenvalue weighted by Gasteiger charge is -2.33. The molecular formula is C54H34N4S. The second kappa shape index (κ2) is 13.6. The second-order valence-corrected chi connectivity index (χ2v) is 16.1. The zero-order valence-electron chi connectivity index (χ0n) is 31.8. The Morgan fingerprint density at radius 3 is 1.97 bits per heavy atom. The molecule has 0 radical (unpaired) electrons. The van der Waals surface area contributed by atoms with Crippen molar-refractivity contribution in [3.8, 4) is 39.5 Å². The average molecular weight is 771 g/mol. The highest BCUT2D eigenvalue weighted by molar-refractivity contribution is 7.99. The van der Waals surface area contributed by atoms with Gasteiger partial charge in [0, 0.05) is 48.5 Å². The lowest BCUT2D eigenvalue weighted by molar-refractivity contribution is 1.17. The molecule has 11 aromatic rings. The summed E-state index contributed by atoms with van der Waals surface area (Å²) in [6.45, 7) is 0. The van der Waals surface area contributed by atoms with Crippen molar-refractivity contribution in [2.45, 2.75) is 9.79 Å². The minimum absolute atomic E-state index is 0.704. The standard InChI is InChI=1S/C54H34N4S/c1-3-15-36(16-4-1)53-43-22-9-10-23-45(43)55-54(56-53)39-17-13-20-41(32-39)58-46-29-27-37(33-44(46)52-42-21-8-7-14-35(42)26-30-48(52)58)38-28-31-51-49(34-38)57(40-18-5-2-6-19-40)47-24-11-12-25-50(47)59-51/h1-34H. The molecule has 0 bridgehead atoms. The number of nitrogens with zero attached hydrogens (tertiary/aromatic N) is 4. The molecule has 0 spiro atoms. The smallest absolute Gasteiger partial charge is 0.160 e. The van der Waals surface area contributed by atoms with E-state index in [1.54, 1.807) is 0 Å². The quantitative estimate of drug-likeness (QED) is 0.175. The highest BCUT2D eigenvalue weighted by Gasteiger charge is 2.25. The maximum absolute atomic E-state index is 5.22. The van der Waals surface area contributed by atoms with E-state index in [4.69, 9.17) is 9.97 Å². The number of fused-ring (bicyclic) bond motifs is 8. The molecule has 5 heteroatoms. The van der Waals surface area contributed by atoms with Crippen LogP contribution in [0, 0.1) is 0 Å². The van der Waals surface area contributed by atoms with Crippen LogP contribution in [0.1, 0.15) is 0 Å². The largest absolute Gasteiger partial charge is 0.309 e. The number of para-hydroxylation sites is 3. The van der Waals surface area contributed by atoms with E-state index in [1.807, 2.05) is 23.9 Å². The van der Waals surface area contributed by atoms with Crippen molar-refractivity contribution in [2.75, 3.05) is 4.90 Å². The average Bonchev–Trinajstić information content (AvgIpc) is 3.65. The van der Waals surface area contributed by atoms with Gasteiger partial charge in [0.1, 0.15) is 0 Å². The molecule has 4 nitrogen and oxygen atoms in total. The Balaban J connectivity index is 1.04. The van der Waals surface area contributed by atoms with Crippen LogP contribution >= 0.6 is 11.8 Å². The Morgan fingerprint density at radius 1 is 0.390 bits per heavy atom. The molecule has 276 valence electrons. The lowest BCUT2D eigenvalue weighted by Crippen LogP contribution is -2.14. The molecule has 0 N–H and O–H groups in total. The van der Waals surface area contributed by atoms with E-state index < -0.39 is 0 Å². The molecular weight excluding hydrogens is 737 g/mol. The van der Waals surface area contributed by atoms with Crippen LogP contribution in [0.4, 0.5) is 17.1 Å². The molecule has 0 saturated heterocycles. The maximum atomic E-state index is 5.22. The van der Waals surface area contributed by atoms with E-state index in [9.17, 15) is 0 Å². The van der Waals surface area contributed by atoms with Crippen molar-refractivity contribution in [3.05, 3.63) is 206 Å². The Morgan fingerprint density at radius 2 is 1.07 bits per heavy atom. The molecule has 1 aliphatic rings.